The van der Waals surface area contributed by atoms with E-state index < -0.39 is 0 Å². The van der Waals surface area contributed by atoms with Crippen molar-refractivity contribution in [3.05, 3.63) is 278 Å². The maximum absolute atomic E-state index is 2.58. The molecule has 2 heteroatoms. The third-order valence-corrected chi connectivity index (χ3v) is 15.1. The average molecular weight is 917 g/mol. The van der Waals surface area contributed by atoms with Gasteiger partial charge in [-0.1, -0.05) is 231 Å². The number of benzene rings is 12. The van der Waals surface area contributed by atoms with Crippen LogP contribution >= 0.6 is 0 Å². The van der Waals surface area contributed by atoms with Gasteiger partial charge in [-0.3, -0.25) is 0 Å². The number of fused-ring (bicyclic) bond motifs is 8. The summed E-state index contributed by atoms with van der Waals surface area (Å²) in [6.07, 6.45) is 1.96. The van der Waals surface area contributed by atoms with E-state index in [1.807, 2.05) is 0 Å². The van der Waals surface area contributed by atoms with Crippen LogP contribution in [-0.4, -0.2) is 4.57 Å². The summed E-state index contributed by atoms with van der Waals surface area (Å²) in [6, 6.07) is 98.7. The third kappa shape index (κ3) is 6.87. The van der Waals surface area contributed by atoms with E-state index in [1.54, 1.807) is 0 Å². The van der Waals surface area contributed by atoms with Crippen molar-refractivity contribution in [2.24, 2.45) is 0 Å². The molecule has 0 fully saturated rings. The lowest BCUT2D eigenvalue weighted by Crippen LogP contribution is -2.13. The van der Waals surface area contributed by atoms with Crippen LogP contribution in [0, 0.1) is 0 Å². The van der Waals surface area contributed by atoms with Crippen molar-refractivity contribution in [2.45, 2.75) is 12.8 Å². The third-order valence-electron chi connectivity index (χ3n) is 15.1. The zero-order valence-corrected chi connectivity index (χ0v) is 39.7. The largest absolute Gasteiger partial charge is 0.312 e. The second-order valence-electron chi connectivity index (χ2n) is 19.1. The predicted octanol–water partition coefficient (Wildman–Crippen LogP) is 19.0. The van der Waals surface area contributed by atoms with Crippen LogP contribution in [-0.2, 0) is 12.8 Å². The van der Waals surface area contributed by atoms with Gasteiger partial charge in [-0.25, -0.2) is 0 Å². The first kappa shape index (κ1) is 41.7. The highest BCUT2D eigenvalue weighted by Crippen LogP contribution is 2.50. The summed E-state index contributed by atoms with van der Waals surface area (Å²) >= 11 is 0. The Morgan fingerprint density at radius 3 is 1.65 bits per heavy atom. The van der Waals surface area contributed by atoms with Crippen LogP contribution in [0.3, 0.4) is 0 Å². The minimum atomic E-state index is 0.956. The molecule has 14 rings (SSSR count). The Morgan fingerprint density at radius 1 is 0.292 bits per heavy atom. The second-order valence-corrected chi connectivity index (χ2v) is 19.1. The first-order chi connectivity index (χ1) is 35.7. The summed E-state index contributed by atoms with van der Waals surface area (Å²) in [7, 11) is 0. The number of anilines is 3. The summed E-state index contributed by atoms with van der Waals surface area (Å²) < 4.78 is 2.58. The molecule has 2 nitrogen and oxygen atoms in total. The first-order valence-corrected chi connectivity index (χ1v) is 25.1. The number of para-hydroxylation sites is 3. The van der Waals surface area contributed by atoms with Crippen LogP contribution < -0.4 is 4.90 Å². The lowest BCUT2D eigenvalue weighted by atomic mass is 9.88. The van der Waals surface area contributed by atoms with Crippen molar-refractivity contribution in [3.63, 3.8) is 0 Å². The minimum Gasteiger partial charge on any atom is -0.312 e. The quantitative estimate of drug-likeness (QED) is 0.147. The fraction of sp³-hybridized carbons (Fsp3) is 0.0286. The molecule has 0 atom stereocenters. The summed E-state index contributed by atoms with van der Waals surface area (Å²) in [5.74, 6) is 0. The van der Waals surface area contributed by atoms with E-state index in [0.29, 0.717) is 0 Å². The smallest absolute Gasteiger partial charge is 0.0543 e. The van der Waals surface area contributed by atoms with Crippen molar-refractivity contribution >= 4 is 60.3 Å². The Kier molecular flexibility index (Phi) is 10.0. The number of aryl methyl sites for hydroxylation is 1. The molecule has 1 heterocycles. The average Bonchev–Trinajstić information content (AvgIpc) is 3.80. The molecule has 0 aliphatic heterocycles. The van der Waals surface area contributed by atoms with Crippen LogP contribution in [0.1, 0.15) is 11.3 Å². The maximum atomic E-state index is 2.58. The summed E-state index contributed by atoms with van der Waals surface area (Å²) in [6.45, 7) is 0. The first-order valence-electron chi connectivity index (χ1n) is 25.1. The number of nitrogens with zero attached hydrogens (tertiary/aromatic N) is 2. The molecule has 13 aromatic rings. The van der Waals surface area contributed by atoms with Crippen LogP contribution in [0.5, 0.6) is 0 Å². The summed E-state index contributed by atoms with van der Waals surface area (Å²) in [5.41, 5.74) is 20.7. The number of rotatable bonds is 8. The normalized spacial score (nSPS) is 12.1. The summed E-state index contributed by atoms with van der Waals surface area (Å²) in [4.78, 5) is 2.53. The Morgan fingerprint density at radius 2 is 0.847 bits per heavy atom. The fourth-order valence-corrected chi connectivity index (χ4v) is 11.8. The molecule has 338 valence electrons. The van der Waals surface area contributed by atoms with Gasteiger partial charge < -0.3 is 9.47 Å². The highest BCUT2D eigenvalue weighted by molar-refractivity contribution is 6.12. The van der Waals surface area contributed by atoms with Gasteiger partial charge in [-0.15, -0.1) is 0 Å². The van der Waals surface area contributed by atoms with Gasteiger partial charge in [0.1, 0.15) is 0 Å². The summed E-state index contributed by atoms with van der Waals surface area (Å²) in [5, 5.41) is 8.60. The van der Waals surface area contributed by atoms with Gasteiger partial charge in [0.25, 0.3) is 0 Å². The van der Waals surface area contributed by atoms with Gasteiger partial charge in [-0.05, 0) is 115 Å². The molecule has 0 amide bonds. The molecule has 12 aromatic carbocycles. The number of hydrogen-bond donors (Lipinski definition) is 0. The van der Waals surface area contributed by atoms with E-state index in [9.17, 15) is 0 Å². The van der Waals surface area contributed by atoms with Gasteiger partial charge in [0.05, 0.1) is 28.3 Å². The molecule has 1 aliphatic carbocycles. The molecule has 0 spiro atoms. The van der Waals surface area contributed by atoms with E-state index in [0.717, 1.165) is 46.6 Å². The molecule has 0 saturated heterocycles. The number of hydrogen-bond acceptors (Lipinski definition) is 1. The maximum Gasteiger partial charge on any atom is 0.0543 e. The predicted molar refractivity (Wildman–Crippen MR) is 305 cm³/mol. The Balaban J connectivity index is 1.03. The zero-order chi connectivity index (χ0) is 47.5. The zero-order valence-electron chi connectivity index (χ0n) is 39.7. The van der Waals surface area contributed by atoms with Crippen molar-refractivity contribution in [3.8, 4) is 61.3 Å². The minimum absolute atomic E-state index is 0.956. The van der Waals surface area contributed by atoms with E-state index in [-0.39, 0.29) is 0 Å². The highest BCUT2D eigenvalue weighted by Gasteiger charge is 2.28. The van der Waals surface area contributed by atoms with Crippen molar-refractivity contribution < 1.29 is 0 Å². The topological polar surface area (TPSA) is 8.17 Å². The molecule has 0 bridgehead atoms. The lowest BCUT2D eigenvalue weighted by Gasteiger charge is -2.31. The standard InChI is InChI=1S/C70H48N2/c1-2-20-49(21-3-1)57-41-39-53(46-69(57)72-66-36-17-14-32-63(66)70-58-29-9-7-23-50(58)40-43-68(70)72)56-28-13-16-35-65(56)71(64-34-15-12-27-55(64)52-38-37-47-19-4-5-24-51(47)45-52)67-44-42-61(60-30-10-11-31-62(60)67)59-33-18-25-48-22-6-8-26-54(48)59/h1-39,41-42,44-46H,40,43H2. The van der Waals surface area contributed by atoms with Gasteiger partial charge in [0.2, 0.25) is 0 Å². The molecule has 0 unspecified atom stereocenters. The number of aromatic nitrogens is 1. The monoisotopic (exact) mass is 916 g/mol. The SMILES string of the molecule is c1ccc(-c2ccc(-c3ccccc3N(c3ccccc3-c3ccc4ccccc4c3)c3ccc(-c4cccc5ccccc45)c4ccccc34)cc2-n2c3c(c4ccccc42)-c2ccccc2CC3)cc1. The van der Waals surface area contributed by atoms with Crippen molar-refractivity contribution in [1.29, 1.82) is 0 Å². The molecular formula is C70H48N2. The van der Waals surface area contributed by atoms with E-state index in [4.69, 9.17) is 0 Å². The molecule has 72 heavy (non-hydrogen) atoms. The van der Waals surface area contributed by atoms with Crippen LogP contribution in [0.25, 0.3) is 105 Å². The Hall–Kier alpha value is -9.24. The van der Waals surface area contributed by atoms with Crippen LogP contribution in [0.15, 0.2) is 267 Å². The van der Waals surface area contributed by atoms with E-state index in [2.05, 4.69) is 276 Å². The molecule has 0 saturated carbocycles. The van der Waals surface area contributed by atoms with E-state index >= 15 is 0 Å². The molecule has 0 N–H and O–H groups in total. The molecular weight excluding hydrogens is 869 g/mol. The van der Waals surface area contributed by atoms with Crippen molar-refractivity contribution in [1.82, 2.24) is 4.57 Å². The second kappa shape index (κ2) is 17.3. The Bertz CT molecular complexity index is 4230. The van der Waals surface area contributed by atoms with Gasteiger partial charge in [0, 0.05) is 38.7 Å². The van der Waals surface area contributed by atoms with Crippen LogP contribution in [0.2, 0.25) is 0 Å². The van der Waals surface area contributed by atoms with Crippen molar-refractivity contribution in [2.75, 3.05) is 4.90 Å². The highest BCUT2D eigenvalue weighted by atomic mass is 15.1. The van der Waals surface area contributed by atoms with Gasteiger partial charge >= 0.3 is 0 Å². The van der Waals surface area contributed by atoms with E-state index in [1.165, 1.54) is 99.1 Å². The fourth-order valence-electron chi connectivity index (χ4n) is 11.8. The van der Waals surface area contributed by atoms with Gasteiger partial charge in [-0.2, -0.15) is 0 Å². The van der Waals surface area contributed by atoms with Gasteiger partial charge in [0.15, 0.2) is 0 Å². The van der Waals surface area contributed by atoms with Crippen LogP contribution in [0.4, 0.5) is 17.1 Å². The molecule has 1 aliphatic rings. The molecule has 1 aromatic heterocycles. The lowest BCUT2D eigenvalue weighted by molar-refractivity contribution is 0.866. The molecule has 0 radical (unpaired) electrons. The Labute approximate surface area is 420 Å².